The minimum Gasteiger partial charge on any atom is -0.464 e. The molecule has 0 bridgehead atoms. The van der Waals surface area contributed by atoms with Gasteiger partial charge in [-0.1, -0.05) is 6.92 Å². The Balaban J connectivity index is 3.75. The Morgan fingerprint density at radius 2 is 2.00 bits per heavy atom. The number of amides is 1. The van der Waals surface area contributed by atoms with E-state index in [0.29, 0.717) is 6.61 Å². The molecule has 0 spiro atoms. The van der Waals surface area contributed by atoms with Crippen molar-refractivity contribution < 1.29 is 19.1 Å². The SMILES string of the molecule is CCCOC(=O)C(C)NC(=O)OCCCl. The predicted molar refractivity (Wildman–Crippen MR) is 55.9 cm³/mol. The molecule has 0 aromatic carbocycles. The van der Waals surface area contributed by atoms with Gasteiger partial charge in [0.2, 0.25) is 0 Å². The molecule has 0 aliphatic rings. The van der Waals surface area contributed by atoms with Gasteiger partial charge in [0, 0.05) is 0 Å². The molecular weight excluding hydrogens is 222 g/mol. The molecule has 0 aliphatic heterocycles. The summed E-state index contributed by atoms with van der Waals surface area (Å²) in [6.45, 7) is 3.88. The highest BCUT2D eigenvalue weighted by Crippen LogP contribution is 1.91. The molecule has 1 unspecified atom stereocenters. The van der Waals surface area contributed by atoms with E-state index in [1.54, 1.807) is 0 Å². The molecule has 1 atom stereocenters. The van der Waals surface area contributed by atoms with Crippen molar-refractivity contribution in [2.75, 3.05) is 19.1 Å². The number of ether oxygens (including phenoxy) is 2. The molecule has 0 aromatic rings. The van der Waals surface area contributed by atoms with E-state index in [2.05, 4.69) is 10.1 Å². The number of rotatable bonds is 6. The van der Waals surface area contributed by atoms with Crippen LogP contribution in [0.3, 0.4) is 0 Å². The summed E-state index contributed by atoms with van der Waals surface area (Å²) in [5.74, 6) is -0.248. The first-order chi connectivity index (χ1) is 7.11. The van der Waals surface area contributed by atoms with Gasteiger partial charge in [-0.05, 0) is 13.3 Å². The Kier molecular flexibility index (Phi) is 7.81. The zero-order valence-electron chi connectivity index (χ0n) is 8.92. The highest BCUT2D eigenvalue weighted by atomic mass is 35.5. The standard InChI is InChI=1S/C9H16ClNO4/c1-3-5-14-8(12)7(2)11-9(13)15-6-4-10/h7H,3-6H2,1-2H3,(H,11,13). The van der Waals surface area contributed by atoms with Crippen molar-refractivity contribution in [1.82, 2.24) is 5.32 Å². The van der Waals surface area contributed by atoms with E-state index in [9.17, 15) is 9.59 Å². The van der Waals surface area contributed by atoms with Crippen molar-refractivity contribution in [2.45, 2.75) is 26.3 Å². The fraction of sp³-hybridized carbons (Fsp3) is 0.778. The van der Waals surface area contributed by atoms with Gasteiger partial charge in [-0.3, -0.25) is 0 Å². The van der Waals surface area contributed by atoms with Crippen LogP contribution < -0.4 is 5.32 Å². The lowest BCUT2D eigenvalue weighted by Gasteiger charge is -2.12. The van der Waals surface area contributed by atoms with Gasteiger partial charge in [0.25, 0.3) is 0 Å². The average molecular weight is 238 g/mol. The molecule has 1 N–H and O–H groups in total. The number of carbonyl (C=O) groups is 2. The van der Waals surface area contributed by atoms with E-state index >= 15 is 0 Å². The second-order valence-electron chi connectivity index (χ2n) is 2.86. The normalized spacial score (nSPS) is 11.7. The van der Waals surface area contributed by atoms with Crippen LogP contribution in [-0.4, -0.2) is 37.2 Å². The first kappa shape index (κ1) is 14.0. The summed E-state index contributed by atoms with van der Waals surface area (Å²) in [7, 11) is 0. The molecular formula is C9H16ClNO4. The van der Waals surface area contributed by atoms with Crippen molar-refractivity contribution in [3.05, 3.63) is 0 Å². The maximum Gasteiger partial charge on any atom is 0.407 e. The van der Waals surface area contributed by atoms with Crippen LogP contribution in [0.15, 0.2) is 0 Å². The summed E-state index contributed by atoms with van der Waals surface area (Å²) in [4.78, 5) is 22.2. The third-order valence-electron chi connectivity index (χ3n) is 1.45. The molecule has 0 heterocycles. The first-order valence-electron chi connectivity index (χ1n) is 4.77. The Morgan fingerprint density at radius 1 is 1.33 bits per heavy atom. The summed E-state index contributed by atoms with van der Waals surface area (Å²) in [5, 5.41) is 2.33. The molecule has 1 amide bonds. The topological polar surface area (TPSA) is 64.6 Å². The average Bonchev–Trinajstić information content (AvgIpc) is 2.22. The second-order valence-corrected chi connectivity index (χ2v) is 3.24. The highest BCUT2D eigenvalue weighted by Gasteiger charge is 2.16. The maximum atomic E-state index is 11.2. The van der Waals surface area contributed by atoms with Crippen molar-refractivity contribution >= 4 is 23.7 Å². The first-order valence-corrected chi connectivity index (χ1v) is 5.31. The van der Waals surface area contributed by atoms with Gasteiger partial charge in [-0.15, -0.1) is 11.6 Å². The quantitative estimate of drug-likeness (QED) is 0.559. The largest absolute Gasteiger partial charge is 0.464 e. The Hall–Kier alpha value is -0.970. The summed E-state index contributed by atoms with van der Waals surface area (Å²) in [5.41, 5.74) is 0. The Morgan fingerprint density at radius 3 is 2.53 bits per heavy atom. The van der Waals surface area contributed by atoms with E-state index in [-0.39, 0.29) is 12.5 Å². The van der Waals surface area contributed by atoms with E-state index in [4.69, 9.17) is 16.3 Å². The summed E-state index contributed by atoms with van der Waals surface area (Å²) in [6, 6.07) is -0.709. The number of hydrogen-bond donors (Lipinski definition) is 1. The van der Waals surface area contributed by atoms with Gasteiger partial charge < -0.3 is 14.8 Å². The minimum absolute atomic E-state index is 0.115. The molecule has 0 aliphatic carbocycles. The molecule has 5 nitrogen and oxygen atoms in total. The number of alkyl halides is 1. The van der Waals surface area contributed by atoms with Crippen LogP contribution in [-0.2, 0) is 14.3 Å². The monoisotopic (exact) mass is 237 g/mol. The smallest absolute Gasteiger partial charge is 0.407 e. The number of halogens is 1. The van der Waals surface area contributed by atoms with Crippen molar-refractivity contribution in [2.24, 2.45) is 0 Å². The predicted octanol–water partition coefficient (Wildman–Crippen LogP) is 1.29. The molecule has 88 valence electrons. The second kappa shape index (κ2) is 8.35. The molecule has 0 saturated heterocycles. The molecule has 15 heavy (non-hydrogen) atoms. The summed E-state index contributed by atoms with van der Waals surface area (Å²) >= 11 is 5.32. The maximum absolute atomic E-state index is 11.2. The minimum atomic E-state index is -0.709. The lowest BCUT2D eigenvalue weighted by Crippen LogP contribution is -2.40. The summed E-state index contributed by atoms with van der Waals surface area (Å²) < 4.78 is 9.45. The molecule has 6 heteroatoms. The third-order valence-corrected chi connectivity index (χ3v) is 1.60. The van der Waals surface area contributed by atoms with Crippen LogP contribution in [0, 0.1) is 0 Å². The Bertz CT molecular complexity index is 210. The van der Waals surface area contributed by atoms with Crippen molar-refractivity contribution in [3.8, 4) is 0 Å². The van der Waals surface area contributed by atoms with E-state index < -0.39 is 18.1 Å². The number of esters is 1. The lowest BCUT2D eigenvalue weighted by atomic mass is 10.3. The fourth-order valence-corrected chi connectivity index (χ4v) is 0.813. The van der Waals surface area contributed by atoms with Gasteiger partial charge in [-0.2, -0.15) is 0 Å². The van der Waals surface area contributed by atoms with E-state index in [1.165, 1.54) is 6.92 Å². The highest BCUT2D eigenvalue weighted by molar-refractivity contribution is 6.18. The lowest BCUT2D eigenvalue weighted by molar-refractivity contribution is -0.145. The van der Waals surface area contributed by atoms with E-state index in [1.807, 2.05) is 6.92 Å². The molecule has 0 saturated carbocycles. The van der Waals surface area contributed by atoms with Crippen LogP contribution in [0.1, 0.15) is 20.3 Å². The van der Waals surface area contributed by atoms with E-state index in [0.717, 1.165) is 6.42 Å². The molecule has 0 radical (unpaired) electrons. The van der Waals surface area contributed by atoms with Gasteiger partial charge in [0.15, 0.2) is 0 Å². The molecule has 0 fully saturated rings. The van der Waals surface area contributed by atoms with Crippen molar-refractivity contribution in [3.63, 3.8) is 0 Å². The fourth-order valence-electron chi connectivity index (χ4n) is 0.736. The van der Waals surface area contributed by atoms with Gasteiger partial charge in [0.1, 0.15) is 12.6 Å². The molecule has 0 rings (SSSR count). The van der Waals surface area contributed by atoms with Crippen LogP contribution in [0.25, 0.3) is 0 Å². The third kappa shape index (κ3) is 7.02. The van der Waals surface area contributed by atoms with Gasteiger partial charge >= 0.3 is 12.1 Å². The van der Waals surface area contributed by atoms with Crippen LogP contribution >= 0.6 is 11.6 Å². The zero-order valence-corrected chi connectivity index (χ0v) is 9.67. The Labute approximate surface area is 94.1 Å². The van der Waals surface area contributed by atoms with Crippen LogP contribution in [0.5, 0.6) is 0 Å². The summed E-state index contributed by atoms with van der Waals surface area (Å²) in [6.07, 6.45) is 0.0754. The van der Waals surface area contributed by atoms with Gasteiger partial charge in [0.05, 0.1) is 12.5 Å². The number of nitrogens with one attached hydrogen (secondary N) is 1. The number of carbonyl (C=O) groups excluding carboxylic acids is 2. The van der Waals surface area contributed by atoms with Crippen molar-refractivity contribution in [1.29, 1.82) is 0 Å². The van der Waals surface area contributed by atoms with Gasteiger partial charge in [-0.25, -0.2) is 9.59 Å². The van der Waals surface area contributed by atoms with Crippen LogP contribution in [0.4, 0.5) is 4.79 Å². The number of hydrogen-bond acceptors (Lipinski definition) is 4. The zero-order chi connectivity index (χ0) is 11.7. The molecule has 0 aromatic heterocycles. The number of alkyl carbamates (subject to hydrolysis) is 1. The van der Waals surface area contributed by atoms with Crippen LogP contribution in [0.2, 0.25) is 0 Å².